The minimum absolute atomic E-state index is 0.318. The van der Waals surface area contributed by atoms with E-state index in [1.165, 1.54) is 19.3 Å². The number of hydrogen-bond donors (Lipinski definition) is 1. The zero-order chi connectivity index (χ0) is 12.3. The van der Waals surface area contributed by atoms with Crippen molar-refractivity contribution in [3.63, 3.8) is 0 Å². The molecule has 4 heteroatoms. The van der Waals surface area contributed by atoms with E-state index in [2.05, 4.69) is 17.1 Å². The molecule has 1 amide bonds. The Bertz CT molecular complexity index is 269. The van der Waals surface area contributed by atoms with Gasteiger partial charge in [-0.05, 0) is 46.2 Å². The Morgan fingerprint density at radius 1 is 1.29 bits per heavy atom. The molecule has 0 unspecified atom stereocenters. The Kier molecular flexibility index (Phi) is 4.40. The van der Waals surface area contributed by atoms with Crippen LogP contribution in [0.5, 0.6) is 0 Å². The van der Waals surface area contributed by atoms with Crippen molar-refractivity contribution in [1.29, 1.82) is 0 Å². The van der Waals surface area contributed by atoms with Gasteiger partial charge in [-0.15, -0.1) is 0 Å². The fourth-order valence-corrected chi connectivity index (χ4v) is 2.94. The van der Waals surface area contributed by atoms with Crippen LogP contribution in [0.25, 0.3) is 0 Å². The third-order valence-corrected chi connectivity index (χ3v) is 4.21. The quantitative estimate of drug-likeness (QED) is 0.787. The van der Waals surface area contributed by atoms with Crippen molar-refractivity contribution in [1.82, 2.24) is 15.1 Å². The Morgan fingerprint density at radius 2 is 2.06 bits per heavy atom. The average Bonchev–Trinajstić information content (AvgIpc) is 2.75. The second-order valence-electron chi connectivity index (χ2n) is 5.43. The number of rotatable bonds is 3. The van der Waals surface area contributed by atoms with Crippen molar-refractivity contribution in [2.24, 2.45) is 0 Å². The van der Waals surface area contributed by atoms with Crippen molar-refractivity contribution < 1.29 is 4.79 Å². The van der Waals surface area contributed by atoms with Gasteiger partial charge < -0.3 is 10.2 Å². The van der Waals surface area contributed by atoms with E-state index in [1.807, 2.05) is 11.9 Å². The van der Waals surface area contributed by atoms with E-state index in [9.17, 15) is 4.79 Å². The summed E-state index contributed by atoms with van der Waals surface area (Å²) in [4.78, 5) is 16.6. The standard InChI is InChI=1S/C13H25N3O/c1-11-5-3-7-15(11)10-13(17)16-8-4-6-12(9-16)14-2/h11-12,14H,3-10H2,1-2H3/t11-,12-/m1/s1. The summed E-state index contributed by atoms with van der Waals surface area (Å²) in [5, 5.41) is 3.28. The largest absolute Gasteiger partial charge is 0.340 e. The number of likely N-dealkylation sites (tertiary alicyclic amines) is 2. The zero-order valence-corrected chi connectivity index (χ0v) is 11.1. The maximum atomic E-state index is 12.2. The molecule has 2 atom stereocenters. The molecule has 1 N–H and O–H groups in total. The zero-order valence-electron chi connectivity index (χ0n) is 11.1. The van der Waals surface area contributed by atoms with Gasteiger partial charge in [-0.2, -0.15) is 0 Å². The molecule has 98 valence electrons. The summed E-state index contributed by atoms with van der Waals surface area (Å²) < 4.78 is 0. The van der Waals surface area contributed by atoms with Gasteiger partial charge in [0.2, 0.25) is 5.91 Å². The molecule has 2 aliphatic rings. The molecule has 0 bridgehead atoms. The predicted octanol–water partition coefficient (Wildman–Crippen LogP) is 0.681. The third kappa shape index (κ3) is 3.19. The van der Waals surface area contributed by atoms with Crippen LogP contribution in [0.4, 0.5) is 0 Å². The average molecular weight is 239 g/mol. The summed E-state index contributed by atoms with van der Waals surface area (Å²) in [6, 6.07) is 1.08. The van der Waals surface area contributed by atoms with E-state index in [0.29, 0.717) is 24.5 Å². The summed E-state index contributed by atoms with van der Waals surface area (Å²) in [6.07, 6.45) is 4.81. The number of amides is 1. The van der Waals surface area contributed by atoms with E-state index < -0.39 is 0 Å². The first-order valence-corrected chi connectivity index (χ1v) is 6.90. The van der Waals surface area contributed by atoms with Crippen LogP contribution >= 0.6 is 0 Å². The summed E-state index contributed by atoms with van der Waals surface area (Å²) in [5.74, 6) is 0.318. The highest BCUT2D eigenvalue weighted by Gasteiger charge is 2.27. The summed E-state index contributed by atoms with van der Waals surface area (Å²) in [5.41, 5.74) is 0. The first-order chi connectivity index (χ1) is 8.20. The maximum Gasteiger partial charge on any atom is 0.236 e. The van der Waals surface area contributed by atoms with Gasteiger partial charge in [0.1, 0.15) is 0 Å². The fourth-order valence-electron chi connectivity index (χ4n) is 2.94. The van der Waals surface area contributed by atoms with Crippen LogP contribution in [0.1, 0.15) is 32.6 Å². The SMILES string of the molecule is CN[C@@H]1CCCN(C(=O)CN2CCC[C@H]2C)C1. The fraction of sp³-hybridized carbons (Fsp3) is 0.923. The molecule has 0 aromatic heterocycles. The minimum Gasteiger partial charge on any atom is -0.340 e. The minimum atomic E-state index is 0.318. The Labute approximate surface area is 104 Å². The molecular formula is C13H25N3O. The molecule has 0 aliphatic carbocycles. The van der Waals surface area contributed by atoms with E-state index in [0.717, 1.165) is 26.1 Å². The van der Waals surface area contributed by atoms with Crippen LogP contribution in [0.15, 0.2) is 0 Å². The lowest BCUT2D eigenvalue weighted by atomic mass is 10.1. The number of carbonyl (C=O) groups excluding carboxylic acids is 1. The van der Waals surface area contributed by atoms with Gasteiger partial charge in [0.25, 0.3) is 0 Å². The lowest BCUT2D eigenvalue weighted by Gasteiger charge is -2.34. The van der Waals surface area contributed by atoms with E-state index in [-0.39, 0.29) is 0 Å². The number of nitrogens with zero attached hydrogens (tertiary/aromatic N) is 2. The molecule has 2 rings (SSSR count). The Morgan fingerprint density at radius 3 is 2.71 bits per heavy atom. The summed E-state index contributed by atoms with van der Waals surface area (Å²) in [7, 11) is 1.99. The van der Waals surface area contributed by atoms with Gasteiger partial charge in [0, 0.05) is 25.2 Å². The van der Waals surface area contributed by atoms with Crippen molar-refractivity contribution in [2.45, 2.75) is 44.7 Å². The molecule has 2 fully saturated rings. The number of nitrogens with one attached hydrogen (secondary N) is 1. The highest BCUT2D eigenvalue weighted by molar-refractivity contribution is 5.78. The van der Waals surface area contributed by atoms with Gasteiger partial charge in [-0.1, -0.05) is 0 Å². The first kappa shape index (κ1) is 12.8. The van der Waals surface area contributed by atoms with E-state index in [4.69, 9.17) is 0 Å². The molecule has 17 heavy (non-hydrogen) atoms. The third-order valence-electron chi connectivity index (χ3n) is 4.21. The van der Waals surface area contributed by atoms with Gasteiger partial charge in [0.05, 0.1) is 6.54 Å². The maximum absolute atomic E-state index is 12.2. The van der Waals surface area contributed by atoms with Crippen LogP contribution in [-0.4, -0.2) is 61.0 Å². The predicted molar refractivity (Wildman–Crippen MR) is 68.9 cm³/mol. The van der Waals surface area contributed by atoms with Gasteiger partial charge in [0.15, 0.2) is 0 Å². The molecule has 0 spiro atoms. The monoisotopic (exact) mass is 239 g/mol. The number of likely N-dealkylation sites (N-methyl/N-ethyl adjacent to an activating group) is 1. The molecule has 0 radical (unpaired) electrons. The van der Waals surface area contributed by atoms with Crippen molar-refractivity contribution in [2.75, 3.05) is 33.2 Å². The highest BCUT2D eigenvalue weighted by Crippen LogP contribution is 2.17. The molecule has 0 saturated carbocycles. The number of piperidine rings is 1. The molecule has 0 aromatic rings. The smallest absolute Gasteiger partial charge is 0.236 e. The molecule has 2 aliphatic heterocycles. The molecule has 0 aromatic carbocycles. The van der Waals surface area contributed by atoms with Crippen molar-refractivity contribution in [3.8, 4) is 0 Å². The van der Waals surface area contributed by atoms with Gasteiger partial charge in [-0.3, -0.25) is 9.69 Å². The number of hydrogen-bond acceptors (Lipinski definition) is 3. The topological polar surface area (TPSA) is 35.6 Å². The van der Waals surface area contributed by atoms with Crippen LogP contribution in [-0.2, 0) is 4.79 Å². The van der Waals surface area contributed by atoms with Crippen LogP contribution in [0, 0.1) is 0 Å². The summed E-state index contributed by atoms with van der Waals surface area (Å²) in [6.45, 7) is 5.78. The van der Waals surface area contributed by atoms with Crippen molar-refractivity contribution in [3.05, 3.63) is 0 Å². The molecular weight excluding hydrogens is 214 g/mol. The van der Waals surface area contributed by atoms with Gasteiger partial charge in [-0.25, -0.2) is 0 Å². The number of carbonyl (C=O) groups is 1. The Hall–Kier alpha value is -0.610. The van der Waals surface area contributed by atoms with E-state index in [1.54, 1.807) is 0 Å². The van der Waals surface area contributed by atoms with Crippen LogP contribution in [0.3, 0.4) is 0 Å². The van der Waals surface area contributed by atoms with Crippen molar-refractivity contribution >= 4 is 5.91 Å². The lowest BCUT2D eigenvalue weighted by Crippen LogP contribution is -2.50. The molecule has 2 saturated heterocycles. The van der Waals surface area contributed by atoms with Gasteiger partial charge >= 0.3 is 0 Å². The normalized spacial score (nSPS) is 30.8. The van der Waals surface area contributed by atoms with Crippen LogP contribution < -0.4 is 5.32 Å². The molecule has 2 heterocycles. The first-order valence-electron chi connectivity index (χ1n) is 6.90. The van der Waals surface area contributed by atoms with E-state index >= 15 is 0 Å². The second-order valence-corrected chi connectivity index (χ2v) is 5.43. The molecule has 4 nitrogen and oxygen atoms in total. The lowest BCUT2D eigenvalue weighted by molar-refractivity contribution is -0.133. The highest BCUT2D eigenvalue weighted by atomic mass is 16.2. The van der Waals surface area contributed by atoms with Crippen LogP contribution in [0.2, 0.25) is 0 Å². The summed E-state index contributed by atoms with van der Waals surface area (Å²) >= 11 is 0. The second kappa shape index (κ2) is 5.83. The Balaban J connectivity index is 1.82.